The Hall–Kier alpha value is -2.67. The number of piperidine rings is 1. The van der Waals surface area contributed by atoms with E-state index < -0.39 is 16.6 Å². The van der Waals surface area contributed by atoms with Crippen molar-refractivity contribution in [1.82, 2.24) is 14.5 Å². The van der Waals surface area contributed by atoms with Crippen molar-refractivity contribution in [2.45, 2.75) is 58.8 Å². The number of hydrogen-bond acceptors (Lipinski definition) is 5. The molecule has 1 amide bonds. The van der Waals surface area contributed by atoms with Crippen molar-refractivity contribution in [1.29, 1.82) is 0 Å². The van der Waals surface area contributed by atoms with E-state index >= 15 is 0 Å². The van der Waals surface area contributed by atoms with Gasteiger partial charge in [-0.05, 0) is 27.2 Å². The summed E-state index contributed by atoms with van der Waals surface area (Å²) in [6.45, 7) is 10.1. The van der Waals surface area contributed by atoms with Gasteiger partial charge in [0.15, 0.2) is 0 Å². The molecule has 1 aromatic heterocycles. The molecule has 1 fully saturated rings. The van der Waals surface area contributed by atoms with Crippen LogP contribution in [0.2, 0.25) is 0 Å². The van der Waals surface area contributed by atoms with Crippen molar-refractivity contribution in [2.24, 2.45) is 5.41 Å². The molecule has 162 valence electrons. The monoisotopic (exact) mass is 413 g/mol. The Bertz CT molecular complexity index is 962. The number of carbonyl (C=O) groups is 1. The van der Waals surface area contributed by atoms with E-state index in [4.69, 9.17) is 4.74 Å². The normalized spacial score (nSPS) is 21.3. The van der Waals surface area contributed by atoms with Crippen molar-refractivity contribution < 1.29 is 14.6 Å². The molecule has 30 heavy (non-hydrogen) atoms. The van der Waals surface area contributed by atoms with Crippen molar-refractivity contribution in [3.05, 3.63) is 53.1 Å². The first-order chi connectivity index (χ1) is 13.9. The van der Waals surface area contributed by atoms with Gasteiger partial charge < -0.3 is 14.7 Å². The molecule has 0 aliphatic carbocycles. The third-order valence-electron chi connectivity index (χ3n) is 5.67. The maximum absolute atomic E-state index is 12.7. The fraction of sp³-hybridized carbons (Fsp3) is 0.522. The zero-order valence-corrected chi connectivity index (χ0v) is 18.4. The number of aliphatic hydroxyl groups is 1. The van der Waals surface area contributed by atoms with E-state index in [1.807, 2.05) is 65.0 Å². The molecular formula is C23H31N3O4. The molecule has 0 bridgehead atoms. The van der Waals surface area contributed by atoms with Gasteiger partial charge >= 0.3 is 6.09 Å². The van der Waals surface area contributed by atoms with Gasteiger partial charge in [-0.15, -0.1) is 0 Å². The summed E-state index contributed by atoms with van der Waals surface area (Å²) in [4.78, 5) is 31.2. The molecule has 1 aromatic carbocycles. The number of aromatic nitrogens is 2. The molecule has 1 saturated heterocycles. The summed E-state index contributed by atoms with van der Waals surface area (Å²) in [6.07, 6.45) is 1.44. The van der Waals surface area contributed by atoms with Gasteiger partial charge in [0.2, 0.25) is 0 Å². The van der Waals surface area contributed by atoms with Crippen LogP contribution in [0.4, 0.5) is 4.79 Å². The van der Waals surface area contributed by atoms with Gasteiger partial charge in [0.25, 0.3) is 5.56 Å². The van der Waals surface area contributed by atoms with Crippen molar-refractivity contribution in [3.8, 4) is 11.3 Å². The Balaban J connectivity index is 1.77. The summed E-state index contributed by atoms with van der Waals surface area (Å²) < 4.78 is 6.91. The SMILES string of the molecule is CC(C)(C)OC(=O)N1CC[C@](O)(Cn2cnc(-c3ccccc3)cc2=O)C(C)(C)C1. The molecule has 0 radical (unpaired) electrons. The molecule has 7 nitrogen and oxygen atoms in total. The second-order valence-corrected chi connectivity index (χ2v) is 9.67. The number of hydrogen-bond donors (Lipinski definition) is 1. The Morgan fingerprint density at radius 3 is 2.47 bits per heavy atom. The molecule has 1 atom stereocenters. The Labute approximate surface area is 177 Å². The van der Waals surface area contributed by atoms with Crippen LogP contribution in [0.3, 0.4) is 0 Å². The number of rotatable bonds is 3. The maximum Gasteiger partial charge on any atom is 0.410 e. The molecule has 0 spiro atoms. The van der Waals surface area contributed by atoms with Crippen LogP contribution < -0.4 is 5.56 Å². The first kappa shape index (κ1) is 22.0. The Morgan fingerprint density at radius 2 is 1.90 bits per heavy atom. The minimum Gasteiger partial charge on any atom is -0.444 e. The highest BCUT2D eigenvalue weighted by molar-refractivity contribution is 5.68. The van der Waals surface area contributed by atoms with E-state index in [-0.39, 0.29) is 18.2 Å². The molecule has 1 aliphatic heterocycles. The largest absolute Gasteiger partial charge is 0.444 e. The minimum absolute atomic E-state index is 0.114. The highest BCUT2D eigenvalue weighted by Gasteiger charge is 2.49. The summed E-state index contributed by atoms with van der Waals surface area (Å²) >= 11 is 0. The van der Waals surface area contributed by atoms with E-state index in [2.05, 4.69) is 4.98 Å². The first-order valence-corrected chi connectivity index (χ1v) is 10.2. The lowest BCUT2D eigenvalue weighted by Gasteiger charge is -2.50. The molecule has 2 heterocycles. The fourth-order valence-corrected chi connectivity index (χ4v) is 3.73. The number of nitrogens with zero attached hydrogens (tertiary/aromatic N) is 3. The molecule has 1 aliphatic rings. The second kappa shape index (κ2) is 7.87. The molecule has 0 unspecified atom stereocenters. The predicted molar refractivity (Wildman–Crippen MR) is 115 cm³/mol. The summed E-state index contributed by atoms with van der Waals surface area (Å²) in [6, 6.07) is 11.0. The predicted octanol–water partition coefficient (Wildman–Crippen LogP) is 3.31. The third-order valence-corrected chi connectivity index (χ3v) is 5.67. The van der Waals surface area contributed by atoms with Gasteiger partial charge in [-0.1, -0.05) is 44.2 Å². The van der Waals surface area contributed by atoms with E-state index in [1.165, 1.54) is 17.0 Å². The zero-order valence-electron chi connectivity index (χ0n) is 18.4. The van der Waals surface area contributed by atoms with Crippen LogP contribution in [0, 0.1) is 5.41 Å². The summed E-state index contributed by atoms with van der Waals surface area (Å²) in [5.41, 5.74) is -1.13. The Morgan fingerprint density at radius 1 is 1.23 bits per heavy atom. The van der Waals surface area contributed by atoms with Gasteiger partial charge in [-0.2, -0.15) is 0 Å². The summed E-state index contributed by atoms with van der Waals surface area (Å²) in [5, 5.41) is 11.4. The fourth-order valence-electron chi connectivity index (χ4n) is 3.73. The maximum atomic E-state index is 12.7. The standard InChI is InChI=1S/C23H31N3O4/c1-21(2,3)30-20(28)25-12-11-23(29,22(4,5)14-25)15-26-16-24-18(13-19(26)27)17-9-7-6-8-10-17/h6-10,13,16,29H,11-12,14-15H2,1-5H3/t23-/m0/s1. The van der Waals surface area contributed by atoms with Gasteiger partial charge in [0, 0.05) is 30.1 Å². The average Bonchev–Trinajstić information content (AvgIpc) is 2.65. The smallest absolute Gasteiger partial charge is 0.410 e. The van der Waals surface area contributed by atoms with Gasteiger partial charge in [0.1, 0.15) is 5.60 Å². The minimum atomic E-state index is -1.16. The zero-order chi connectivity index (χ0) is 22.2. The molecule has 3 rings (SSSR count). The quantitative estimate of drug-likeness (QED) is 0.835. The number of amides is 1. The Kier molecular flexibility index (Phi) is 5.78. The van der Waals surface area contributed by atoms with E-state index in [0.29, 0.717) is 25.2 Å². The second-order valence-electron chi connectivity index (χ2n) is 9.67. The van der Waals surface area contributed by atoms with Crippen molar-refractivity contribution in [3.63, 3.8) is 0 Å². The van der Waals surface area contributed by atoms with E-state index in [9.17, 15) is 14.7 Å². The lowest BCUT2D eigenvalue weighted by molar-refractivity contribution is -0.127. The van der Waals surface area contributed by atoms with Gasteiger partial charge in [-0.3, -0.25) is 9.36 Å². The van der Waals surface area contributed by atoms with Crippen molar-refractivity contribution >= 4 is 6.09 Å². The average molecular weight is 414 g/mol. The van der Waals surface area contributed by atoms with Crippen LogP contribution in [-0.2, 0) is 11.3 Å². The van der Waals surface area contributed by atoms with Crippen LogP contribution in [0.1, 0.15) is 41.0 Å². The topological polar surface area (TPSA) is 84.7 Å². The highest BCUT2D eigenvalue weighted by Crippen LogP contribution is 2.40. The summed E-state index contributed by atoms with van der Waals surface area (Å²) in [5.74, 6) is 0. The van der Waals surface area contributed by atoms with Crippen LogP contribution in [0.25, 0.3) is 11.3 Å². The number of benzene rings is 1. The number of ether oxygens (including phenoxy) is 1. The summed E-state index contributed by atoms with van der Waals surface area (Å²) in [7, 11) is 0. The van der Waals surface area contributed by atoms with Crippen LogP contribution in [-0.4, -0.2) is 49.9 Å². The van der Waals surface area contributed by atoms with Gasteiger partial charge in [0.05, 0.1) is 24.2 Å². The first-order valence-electron chi connectivity index (χ1n) is 10.2. The number of likely N-dealkylation sites (tertiary alicyclic amines) is 1. The molecular weight excluding hydrogens is 382 g/mol. The van der Waals surface area contributed by atoms with Crippen LogP contribution in [0.15, 0.2) is 47.5 Å². The number of carbonyl (C=O) groups excluding carboxylic acids is 1. The van der Waals surface area contributed by atoms with E-state index in [0.717, 1.165) is 5.56 Å². The van der Waals surface area contributed by atoms with Crippen molar-refractivity contribution in [2.75, 3.05) is 13.1 Å². The third kappa shape index (κ3) is 4.73. The van der Waals surface area contributed by atoms with Gasteiger partial charge in [-0.25, -0.2) is 9.78 Å². The lowest BCUT2D eigenvalue weighted by Crippen LogP contribution is -2.61. The molecule has 2 aromatic rings. The molecule has 7 heteroatoms. The highest BCUT2D eigenvalue weighted by atomic mass is 16.6. The van der Waals surface area contributed by atoms with Crippen LogP contribution in [0.5, 0.6) is 0 Å². The van der Waals surface area contributed by atoms with E-state index in [1.54, 1.807) is 4.90 Å². The molecule has 1 N–H and O–H groups in total. The molecule has 0 saturated carbocycles. The van der Waals surface area contributed by atoms with Crippen LogP contribution >= 0.6 is 0 Å². The lowest BCUT2D eigenvalue weighted by atomic mass is 9.70.